The molecule has 0 amide bonds. The van der Waals surface area contributed by atoms with E-state index in [4.69, 9.17) is 5.11 Å². The molecule has 1 aromatic rings. The van der Waals surface area contributed by atoms with Crippen molar-refractivity contribution in [3.63, 3.8) is 0 Å². The highest BCUT2D eigenvalue weighted by atomic mass is 19.2. The van der Waals surface area contributed by atoms with E-state index in [-0.39, 0.29) is 12.2 Å². The number of aryl methyl sites for hydroxylation is 1. The van der Waals surface area contributed by atoms with Crippen molar-refractivity contribution >= 4 is 0 Å². The van der Waals surface area contributed by atoms with Gasteiger partial charge in [-0.25, -0.2) is 13.2 Å². The number of benzene rings is 1. The molecule has 0 bridgehead atoms. The van der Waals surface area contributed by atoms with Gasteiger partial charge in [0.1, 0.15) is 5.82 Å². The van der Waals surface area contributed by atoms with Crippen LogP contribution in [0.15, 0.2) is 12.1 Å². The minimum atomic E-state index is -1.17. The van der Waals surface area contributed by atoms with Crippen molar-refractivity contribution in [3.8, 4) is 0 Å². The number of hydrogen-bond donors (Lipinski definition) is 1. The van der Waals surface area contributed by atoms with Crippen LogP contribution in [0.5, 0.6) is 0 Å². The summed E-state index contributed by atoms with van der Waals surface area (Å²) in [6.07, 6.45) is 1.39. The van der Waals surface area contributed by atoms with Gasteiger partial charge in [0.2, 0.25) is 0 Å². The molecule has 0 saturated carbocycles. The van der Waals surface area contributed by atoms with Gasteiger partial charge >= 0.3 is 0 Å². The summed E-state index contributed by atoms with van der Waals surface area (Å²) in [5.41, 5.74) is 0.150. The summed E-state index contributed by atoms with van der Waals surface area (Å²) in [7, 11) is 0. The normalized spacial score (nSPS) is 10.6. The average molecular weight is 204 g/mol. The van der Waals surface area contributed by atoms with Gasteiger partial charge in [-0.1, -0.05) is 0 Å². The van der Waals surface area contributed by atoms with E-state index in [9.17, 15) is 13.2 Å². The van der Waals surface area contributed by atoms with Crippen LogP contribution in [0.2, 0.25) is 0 Å². The van der Waals surface area contributed by atoms with Crippen LogP contribution in [0.1, 0.15) is 18.4 Å². The average Bonchev–Trinajstić information content (AvgIpc) is 2.14. The van der Waals surface area contributed by atoms with Gasteiger partial charge in [0, 0.05) is 12.7 Å². The van der Waals surface area contributed by atoms with Crippen molar-refractivity contribution in [1.82, 2.24) is 0 Å². The minimum Gasteiger partial charge on any atom is -0.396 e. The fraction of sp³-hybridized carbons (Fsp3) is 0.400. The maximum atomic E-state index is 13.0. The highest BCUT2D eigenvalue weighted by molar-refractivity contribution is 5.20. The van der Waals surface area contributed by atoms with Crippen LogP contribution >= 0.6 is 0 Å². The zero-order chi connectivity index (χ0) is 10.6. The van der Waals surface area contributed by atoms with Gasteiger partial charge in [-0.3, -0.25) is 0 Å². The summed E-state index contributed by atoms with van der Waals surface area (Å²) in [5.74, 6) is -2.94. The second-order valence-corrected chi connectivity index (χ2v) is 3.04. The van der Waals surface area contributed by atoms with Crippen molar-refractivity contribution in [2.45, 2.75) is 19.3 Å². The van der Waals surface area contributed by atoms with Crippen LogP contribution in [0.25, 0.3) is 0 Å². The SMILES string of the molecule is OCCCCc1cc(F)c(F)cc1F. The molecule has 0 aliphatic heterocycles. The summed E-state index contributed by atoms with van der Waals surface area (Å²) < 4.78 is 38.2. The molecule has 0 aromatic heterocycles. The number of rotatable bonds is 4. The summed E-state index contributed by atoms with van der Waals surface area (Å²) in [4.78, 5) is 0. The minimum absolute atomic E-state index is 0.0191. The first-order chi connectivity index (χ1) is 6.65. The van der Waals surface area contributed by atoms with Crippen LogP contribution in [-0.4, -0.2) is 11.7 Å². The highest BCUT2D eigenvalue weighted by Gasteiger charge is 2.08. The molecule has 0 spiro atoms. The Hall–Kier alpha value is -1.03. The van der Waals surface area contributed by atoms with E-state index in [0.29, 0.717) is 25.3 Å². The van der Waals surface area contributed by atoms with E-state index in [1.54, 1.807) is 0 Å². The number of aliphatic hydroxyl groups is 1. The molecule has 0 unspecified atom stereocenters. The lowest BCUT2D eigenvalue weighted by Gasteiger charge is -2.03. The lowest BCUT2D eigenvalue weighted by Crippen LogP contribution is -1.96. The molecule has 0 aliphatic carbocycles. The number of unbranched alkanes of at least 4 members (excludes halogenated alkanes) is 1. The maximum absolute atomic E-state index is 13.0. The van der Waals surface area contributed by atoms with Crippen LogP contribution in [0.4, 0.5) is 13.2 Å². The number of hydrogen-bond acceptors (Lipinski definition) is 1. The van der Waals surface area contributed by atoms with E-state index in [1.165, 1.54) is 0 Å². The molecule has 1 rings (SSSR count). The third kappa shape index (κ3) is 2.73. The Morgan fingerprint density at radius 3 is 2.21 bits per heavy atom. The molecular formula is C10H11F3O. The van der Waals surface area contributed by atoms with Crippen LogP contribution in [0.3, 0.4) is 0 Å². The van der Waals surface area contributed by atoms with Crippen molar-refractivity contribution in [2.24, 2.45) is 0 Å². The Kier molecular flexibility index (Phi) is 3.95. The largest absolute Gasteiger partial charge is 0.396 e. The van der Waals surface area contributed by atoms with Crippen molar-refractivity contribution in [1.29, 1.82) is 0 Å². The van der Waals surface area contributed by atoms with Gasteiger partial charge < -0.3 is 5.11 Å². The molecule has 0 saturated heterocycles. The molecule has 1 aromatic carbocycles. The lowest BCUT2D eigenvalue weighted by atomic mass is 10.1. The smallest absolute Gasteiger partial charge is 0.161 e. The molecule has 1 N–H and O–H groups in total. The first-order valence-electron chi connectivity index (χ1n) is 4.39. The Morgan fingerprint density at radius 2 is 1.57 bits per heavy atom. The van der Waals surface area contributed by atoms with Gasteiger partial charge in [0.15, 0.2) is 11.6 Å². The molecule has 0 aliphatic rings. The van der Waals surface area contributed by atoms with E-state index in [2.05, 4.69) is 0 Å². The van der Waals surface area contributed by atoms with Crippen LogP contribution in [-0.2, 0) is 6.42 Å². The molecule has 4 heteroatoms. The summed E-state index contributed by atoms with van der Waals surface area (Å²) in [5, 5.41) is 8.48. The van der Waals surface area contributed by atoms with E-state index in [0.717, 1.165) is 6.07 Å². The molecule has 78 valence electrons. The maximum Gasteiger partial charge on any atom is 0.161 e. The second kappa shape index (κ2) is 5.00. The van der Waals surface area contributed by atoms with Crippen molar-refractivity contribution in [2.75, 3.05) is 6.61 Å². The first kappa shape index (κ1) is 11.0. The summed E-state index contributed by atoms with van der Waals surface area (Å²) >= 11 is 0. The van der Waals surface area contributed by atoms with Gasteiger partial charge in [-0.15, -0.1) is 0 Å². The molecule has 0 radical (unpaired) electrons. The quantitative estimate of drug-likeness (QED) is 0.590. The lowest BCUT2D eigenvalue weighted by molar-refractivity contribution is 0.284. The molecule has 14 heavy (non-hydrogen) atoms. The standard InChI is InChI=1S/C10H11F3O/c11-8-6-10(13)9(12)5-7(8)3-1-2-4-14/h5-6,14H,1-4H2. The van der Waals surface area contributed by atoms with Gasteiger partial charge in [0.05, 0.1) is 0 Å². The monoisotopic (exact) mass is 204 g/mol. The highest BCUT2D eigenvalue weighted by Crippen LogP contribution is 2.15. The predicted octanol–water partition coefficient (Wildman–Crippen LogP) is 2.42. The number of halogens is 3. The first-order valence-corrected chi connectivity index (χ1v) is 4.39. The summed E-state index contributed by atoms with van der Waals surface area (Å²) in [6.45, 7) is 0.0191. The molecular weight excluding hydrogens is 193 g/mol. The van der Waals surface area contributed by atoms with E-state index in [1.807, 2.05) is 0 Å². The third-order valence-corrected chi connectivity index (χ3v) is 1.94. The topological polar surface area (TPSA) is 20.2 Å². The Balaban J connectivity index is 2.72. The van der Waals surface area contributed by atoms with E-state index < -0.39 is 17.5 Å². The third-order valence-electron chi connectivity index (χ3n) is 1.94. The predicted molar refractivity (Wildman–Crippen MR) is 46.3 cm³/mol. The summed E-state index contributed by atoms with van der Waals surface area (Å²) in [6, 6.07) is 1.41. The Morgan fingerprint density at radius 1 is 0.929 bits per heavy atom. The molecule has 0 heterocycles. The van der Waals surface area contributed by atoms with Crippen molar-refractivity contribution < 1.29 is 18.3 Å². The molecule has 0 atom stereocenters. The van der Waals surface area contributed by atoms with Crippen LogP contribution < -0.4 is 0 Å². The van der Waals surface area contributed by atoms with Gasteiger partial charge in [0.25, 0.3) is 0 Å². The van der Waals surface area contributed by atoms with Crippen LogP contribution in [0, 0.1) is 17.5 Å². The van der Waals surface area contributed by atoms with Crippen molar-refractivity contribution in [3.05, 3.63) is 35.1 Å². The second-order valence-electron chi connectivity index (χ2n) is 3.04. The van der Waals surface area contributed by atoms with Gasteiger partial charge in [-0.05, 0) is 30.9 Å². The Labute approximate surface area is 80.2 Å². The number of aliphatic hydroxyl groups excluding tert-OH is 1. The fourth-order valence-corrected chi connectivity index (χ4v) is 1.18. The fourth-order valence-electron chi connectivity index (χ4n) is 1.18. The Bertz CT molecular complexity index is 312. The van der Waals surface area contributed by atoms with Gasteiger partial charge in [-0.2, -0.15) is 0 Å². The zero-order valence-electron chi connectivity index (χ0n) is 7.56. The zero-order valence-corrected chi connectivity index (χ0v) is 7.56. The molecule has 1 nitrogen and oxygen atoms in total. The van der Waals surface area contributed by atoms with E-state index >= 15 is 0 Å². The molecule has 0 fully saturated rings.